The molecule has 2 fully saturated rings. The lowest BCUT2D eigenvalue weighted by atomic mass is 9.75. The third-order valence-electron chi connectivity index (χ3n) is 8.16. The van der Waals surface area contributed by atoms with E-state index < -0.39 is 13.4 Å². The van der Waals surface area contributed by atoms with Gasteiger partial charge in [-0.2, -0.15) is 0 Å². The molecular weight excluding hydrogens is 431 g/mol. The van der Waals surface area contributed by atoms with Crippen molar-refractivity contribution < 1.29 is 18.7 Å². The number of aliphatic hydroxyl groups is 1. The fourth-order valence-corrected chi connectivity index (χ4v) is 7.97. The molecule has 0 bridgehead atoms. The van der Waals surface area contributed by atoms with Gasteiger partial charge in [-0.15, -0.1) is 0 Å². The minimum absolute atomic E-state index is 0.154. The molecule has 0 spiro atoms. The van der Waals surface area contributed by atoms with E-state index in [1.165, 1.54) is 12.8 Å². The molecule has 0 saturated heterocycles. The van der Waals surface area contributed by atoms with Gasteiger partial charge in [0.15, 0.2) is 5.85 Å². The summed E-state index contributed by atoms with van der Waals surface area (Å²) < 4.78 is 27.6. The molecule has 1 N–H and O–H groups in total. The van der Waals surface area contributed by atoms with Gasteiger partial charge in [0.25, 0.3) is 0 Å². The zero-order valence-electron chi connectivity index (χ0n) is 21.9. The van der Waals surface area contributed by atoms with Crippen molar-refractivity contribution in [3.8, 4) is 0 Å². The molecule has 1 unspecified atom stereocenters. The topological polar surface area (TPSA) is 55.8 Å². The second-order valence-corrected chi connectivity index (χ2v) is 13.8. The van der Waals surface area contributed by atoms with Gasteiger partial charge in [0.1, 0.15) is 0 Å². The highest BCUT2D eigenvalue weighted by molar-refractivity contribution is 7.54. The summed E-state index contributed by atoms with van der Waals surface area (Å²) in [5.74, 6) is 1.30. The van der Waals surface area contributed by atoms with Gasteiger partial charge >= 0.3 is 7.60 Å². The van der Waals surface area contributed by atoms with Gasteiger partial charge in [0.2, 0.25) is 0 Å². The van der Waals surface area contributed by atoms with Gasteiger partial charge in [-0.3, -0.25) is 4.57 Å². The van der Waals surface area contributed by atoms with Gasteiger partial charge in [0.05, 0.1) is 12.2 Å². The van der Waals surface area contributed by atoms with Gasteiger partial charge in [-0.1, -0.05) is 84.2 Å². The molecule has 2 aliphatic rings. The molecule has 0 aliphatic heterocycles. The van der Waals surface area contributed by atoms with Crippen LogP contribution in [-0.2, 0) is 13.6 Å². The van der Waals surface area contributed by atoms with Crippen molar-refractivity contribution in [2.45, 2.75) is 105 Å². The summed E-state index contributed by atoms with van der Waals surface area (Å²) in [6.45, 7) is 15.4. The van der Waals surface area contributed by atoms with Crippen molar-refractivity contribution in [3.05, 3.63) is 35.4 Å². The second-order valence-electron chi connectivity index (χ2n) is 11.8. The van der Waals surface area contributed by atoms with Crippen LogP contribution < -0.4 is 0 Å². The second kappa shape index (κ2) is 11.4. The van der Waals surface area contributed by atoms with Gasteiger partial charge in [0, 0.05) is 0 Å². The standard InChI is InChI=1S/C28H47O4P/c1-18(2)24-14-10-21(6)16-26(24)31-33(30,28(29)23-12-8-20(5)9-13-23)32-27-17-22(7)11-15-25(27)19(3)4/h8-9,12-13,18-19,21-22,24-29H,10-11,14-17H2,1-7H3/t21-,22+,24-,25-,26-,27-,28+,33?/m1/s1. The summed E-state index contributed by atoms with van der Waals surface area (Å²) >= 11 is 0. The average molecular weight is 479 g/mol. The highest BCUT2D eigenvalue weighted by atomic mass is 31.2. The first-order valence-electron chi connectivity index (χ1n) is 13.2. The summed E-state index contributed by atoms with van der Waals surface area (Å²) in [6, 6.07) is 7.60. The van der Waals surface area contributed by atoms with E-state index in [0.717, 1.165) is 31.2 Å². The number of aliphatic hydroxyl groups excluding tert-OH is 1. The smallest absolute Gasteiger partial charge is 0.363 e. The first-order valence-corrected chi connectivity index (χ1v) is 14.8. The summed E-state index contributed by atoms with van der Waals surface area (Å²) in [7, 11) is -3.84. The molecule has 4 nitrogen and oxygen atoms in total. The Kier molecular flexibility index (Phi) is 9.28. The van der Waals surface area contributed by atoms with Crippen LogP contribution in [0.2, 0.25) is 0 Å². The first-order chi connectivity index (χ1) is 15.5. The number of benzene rings is 1. The van der Waals surface area contributed by atoms with E-state index in [2.05, 4.69) is 41.5 Å². The zero-order valence-corrected chi connectivity index (χ0v) is 22.8. The monoisotopic (exact) mass is 478 g/mol. The Hall–Kier alpha value is -0.670. The molecule has 1 aromatic rings. The van der Waals surface area contributed by atoms with Gasteiger partial charge in [-0.05, 0) is 73.7 Å². The number of hydrogen-bond donors (Lipinski definition) is 1. The maximum absolute atomic E-state index is 14.6. The van der Waals surface area contributed by atoms with Crippen LogP contribution in [0, 0.1) is 42.4 Å². The molecule has 2 saturated carbocycles. The van der Waals surface area contributed by atoms with Crippen molar-refractivity contribution in [2.75, 3.05) is 0 Å². The fourth-order valence-electron chi connectivity index (χ4n) is 5.91. The minimum atomic E-state index is -3.84. The summed E-state index contributed by atoms with van der Waals surface area (Å²) in [6.07, 6.45) is 5.90. The van der Waals surface area contributed by atoms with Crippen LogP contribution >= 0.6 is 7.60 Å². The maximum Gasteiger partial charge on any atom is 0.363 e. The largest absolute Gasteiger partial charge is 0.376 e. The third kappa shape index (κ3) is 6.72. The normalized spacial score (nSPS) is 33.8. The first kappa shape index (κ1) is 26.9. The molecule has 0 radical (unpaired) electrons. The molecule has 0 amide bonds. The van der Waals surface area contributed by atoms with Crippen molar-refractivity contribution in [2.24, 2.45) is 35.5 Å². The molecule has 8 atom stereocenters. The van der Waals surface area contributed by atoms with Crippen molar-refractivity contribution in [3.63, 3.8) is 0 Å². The third-order valence-corrected chi connectivity index (χ3v) is 10.2. The van der Waals surface area contributed by atoms with E-state index in [0.29, 0.717) is 41.1 Å². The lowest BCUT2D eigenvalue weighted by molar-refractivity contribution is -0.0153. The number of rotatable bonds is 8. The highest BCUT2D eigenvalue weighted by Crippen LogP contribution is 2.64. The molecule has 3 rings (SSSR count). The Morgan fingerprint density at radius 3 is 1.64 bits per heavy atom. The van der Waals surface area contributed by atoms with E-state index >= 15 is 0 Å². The Bertz CT molecular complexity index is 752. The fraction of sp³-hybridized carbons (Fsp3) is 0.786. The van der Waals surface area contributed by atoms with E-state index in [1.54, 1.807) is 0 Å². The minimum Gasteiger partial charge on any atom is -0.376 e. The lowest BCUT2D eigenvalue weighted by Gasteiger charge is -2.42. The van der Waals surface area contributed by atoms with Crippen LogP contribution in [0.1, 0.15) is 97.0 Å². The predicted molar refractivity (Wildman–Crippen MR) is 136 cm³/mol. The number of hydrogen-bond acceptors (Lipinski definition) is 4. The molecule has 0 heterocycles. The van der Waals surface area contributed by atoms with E-state index in [9.17, 15) is 9.67 Å². The quantitative estimate of drug-likeness (QED) is 0.383. The van der Waals surface area contributed by atoms with Crippen molar-refractivity contribution in [1.82, 2.24) is 0 Å². The molecule has 2 aliphatic carbocycles. The summed E-state index contributed by atoms with van der Waals surface area (Å²) in [4.78, 5) is 0. The Balaban J connectivity index is 1.94. The zero-order chi connectivity index (χ0) is 24.3. The van der Waals surface area contributed by atoms with Crippen LogP contribution in [0.3, 0.4) is 0 Å². The highest BCUT2D eigenvalue weighted by Gasteiger charge is 2.46. The molecule has 5 heteroatoms. The van der Waals surface area contributed by atoms with Crippen LogP contribution in [-0.4, -0.2) is 17.3 Å². The van der Waals surface area contributed by atoms with Crippen molar-refractivity contribution in [1.29, 1.82) is 0 Å². The Morgan fingerprint density at radius 1 is 0.818 bits per heavy atom. The predicted octanol–water partition coefficient (Wildman–Crippen LogP) is 8.13. The molecular formula is C28H47O4P. The molecule has 188 valence electrons. The number of aryl methyl sites for hydroxylation is 1. The van der Waals surface area contributed by atoms with Crippen LogP contribution in [0.5, 0.6) is 0 Å². The van der Waals surface area contributed by atoms with Gasteiger partial charge in [-0.25, -0.2) is 0 Å². The Morgan fingerprint density at radius 2 is 1.24 bits per heavy atom. The summed E-state index contributed by atoms with van der Waals surface area (Å²) in [5, 5.41) is 11.5. The van der Waals surface area contributed by atoms with Crippen LogP contribution in [0.25, 0.3) is 0 Å². The van der Waals surface area contributed by atoms with Crippen molar-refractivity contribution >= 4 is 7.60 Å². The molecule has 33 heavy (non-hydrogen) atoms. The van der Waals surface area contributed by atoms with E-state index in [-0.39, 0.29) is 12.2 Å². The SMILES string of the molecule is Cc1ccc([C@@H](O)P(=O)(O[C@@H]2C[C@H](C)CC[C@@H]2C(C)C)O[C@@H]2C[C@@H](C)CC[C@@H]2C(C)C)cc1. The van der Waals surface area contributed by atoms with E-state index in [1.807, 2.05) is 31.2 Å². The lowest BCUT2D eigenvalue weighted by Crippen LogP contribution is -2.37. The molecule has 1 aromatic carbocycles. The molecule has 0 aromatic heterocycles. The summed E-state index contributed by atoms with van der Waals surface area (Å²) in [5.41, 5.74) is 1.71. The Labute approximate surface area is 202 Å². The average Bonchev–Trinajstić information content (AvgIpc) is 2.73. The van der Waals surface area contributed by atoms with Gasteiger partial charge < -0.3 is 14.2 Å². The van der Waals surface area contributed by atoms with Crippen LogP contribution in [0.4, 0.5) is 0 Å². The van der Waals surface area contributed by atoms with Crippen LogP contribution in [0.15, 0.2) is 24.3 Å². The van der Waals surface area contributed by atoms with E-state index in [4.69, 9.17) is 9.05 Å². The maximum atomic E-state index is 14.6.